The van der Waals surface area contributed by atoms with Crippen molar-refractivity contribution in [2.45, 2.75) is 32.4 Å². The van der Waals surface area contributed by atoms with Gasteiger partial charge in [-0.2, -0.15) is 5.10 Å². The number of ether oxygens (including phenoxy) is 1. The molecule has 5 nitrogen and oxygen atoms in total. The van der Waals surface area contributed by atoms with Gasteiger partial charge in [0.25, 0.3) is 0 Å². The van der Waals surface area contributed by atoms with Crippen LogP contribution >= 0.6 is 0 Å². The second-order valence-electron chi connectivity index (χ2n) is 6.05. The summed E-state index contributed by atoms with van der Waals surface area (Å²) < 4.78 is 7.39. The third kappa shape index (κ3) is 4.46. The van der Waals surface area contributed by atoms with Crippen molar-refractivity contribution >= 4 is 8.07 Å². The monoisotopic (exact) mass is 291 g/mol. The molecule has 0 amide bonds. The fourth-order valence-corrected chi connectivity index (χ4v) is 2.46. The average Bonchev–Trinajstić information content (AvgIpc) is 2.82. The molecule has 0 aliphatic rings. The second kappa shape index (κ2) is 6.19. The van der Waals surface area contributed by atoms with E-state index < -0.39 is 8.07 Å². The molecule has 2 heterocycles. The number of nitrogens with zero attached hydrogens (tertiary/aromatic N) is 3. The number of rotatable bonds is 6. The summed E-state index contributed by atoms with van der Waals surface area (Å²) in [7, 11) is -1.04. The van der Waals surface area contributed by atoms with Crippen LogP contribution in [-0.2, 0) is 11.5 Å². The normalized spacial score (nSPS) is 11.8. The van der Waals surface area contributed by atoms with Crippen molar-refractivity contribution in [3.8, 4) is 16.9 Å². The summed E-state index contributed by atoms with van der Waals surface area (Å²) in [4.78, 5) is 3.96. The molecule has 0 aliphatic carbocycles. The first-order valence-electron chi connectivity index (χ1n) is 6.69. The SMILES string of the molecule is C[Si](C)(C)CCOCn1cc(-c2cncc(O)c2)cn1. The molecule has 1 N–H and O–H groups in total. The molecule has 0 aliphatic heterocycles. The molecule has 0 aromatic carbocycles. The van der Waals surface area contributed by atoms with Crippen LogP contribution in [0, 0.1) is 0 Å². The summed E-state index contributed by atoms with van der Waals surface area (Å²) in [6.45, 7) is 8.22. The van der Waals surface area contributed by atoms with E-state index in [1.807, 2.05) is 6.20 Å². The van der Waals surface area contributed by atoms with Crippen molar-refractivity contribution in [1.29, 1.82) is 0 Å². The minimum atomic E-state index is -1.04. The fourth-order valence-electron chi connectivity index (χ4n) is 1.71. The van der Waals surface area contributed by atoms with Gasteiger partial charge >= 0.3 is 0 Å². The molecule has 0 radical (unpaired) electrons. The minimum Gasteiger partial charge on any atom is -0.506 e. The van der Waals surface area contributed by atoms with E-state index in [1.54, 1.807) is 23.1 Å². The highest BCUT2D eigenvalue weighted by molar-refractivity contribution is 6.76. The Morgan fingerprint density at radius 2 is 2.00 bits per heavy atom. The Bertz CT molecular complexity index is 564. The van der Waals surface area contributed by atoms with Crippen LogP contribution in [0.15, 0.2) is 30.9 Å². The van der Waals surface area contributed by atoms with Gasteiger partial charge in [-0.25, -0.2) is 4.68 Å². The summed E-state index contributed by atoms with van der Waals surface area (Å²) in [5.74, 6) is 0.154. The summed E-state index contributed by atoms with van der Waals surface area (Å²) in [6.07, 6.45) is 6.75. The topological polar surface area (TPSA) is 60.2 Å². The summed E-state index contributed by atoms with van der Waals surface area (Å²) >= 11 is 0. The predicted molar refractivity (Wildman–Crippen MR) is 81.2 cm³/mol. The fraction of sp³-hybridized carbons (Fsp3) is 0.429. The average molecular weight is 291 g/mol. The summed E-state index contributed by atoms with van der Waals surface area (Å²) in [6, 6.07) is 2.82. The van der Waals surface area contributed by atoms with E-state index in [0.29, 0.717) is 6.73 Å². The molecule has 0 fully saturated rings. The maximum atomic E-state index is 9.42. The Balaban J connectivity index is 1.90. The van der Waals surface area contributed by atoms with Crippen molar-refractivity contribution in [1.82, 2.24) is 14.8 Å². The zero-order chi connectivity index (χ0) is 14.6. The summed E-state index contributed by atoms with van der Waals surface area (Å²) in [5, 5.41) is 13.7. The van der Waals surface area contributed by atoms with Gasteiger partial charge in [0, 0.05) is 38.2 Å². The lowest BCUT2D eigenvalue weighted by Gasteiger charge is -2.15. The van der Waals surface area contributed by atoms with E-state index in [2.05, 4.69) is 29.7 Å². The van der Waals surface area contributed by atoms with E-state index in [9.17, 15) is 5.11 Å². The second-order valence-corrected chi connectivity index (χ2v) is 11.7. The molecule has 0 unspecified atom stereocenters. The maximum Gasteiger partial charge on any atom is 0.139 e. The number of hydrogen-bond acceptors (Lipinski definition) is 4. The van der Waals surface area contributed by atoms with Crippen LogP contribution < -0.4 is 0 Å². The Hall–Kier alpha value is -1.66. The van der Waals surface area contributed by atoms with Crippen LogP contribution in [-0.4, -0.2) is 34.6 Å². The minimum absolute atomic E-state index is 0.154. The van der Waals surface area contributed by atoms with Crippen LogP contribution in [0.25, 0.3) is 11.1 Å². The third-order valence-electron chi connectivity index (χ3n) is 2.91. The Morgan fingerprint density at radius 3 is 2.70 bits per heavy atom. The molecule has 0 spiro atoms. The van der Waals surface area contributed by atoms with Gasteiger partial charge in [0.05, 0.1) is 12.4 Å². The molecule has 2 aromatic heterocycles. The highest BCUT2D eigenvalue weighted by Crippen LogP contribution is 2.21. The molecule has 0 bridgehead atoms. The van der Waals surface area contributed by atoms with E-state index in [4.69, 9.17) is 4.74 Å². The molecule has 0 saturated heterocycles. The van der Waals surface area contributed by atoms with Gasteiger partial charge in [0.15, 0.2) is 0 Å². The molecule has 20 heavy (non-hydrogen) atoms. The Kier molecular flexibility index (Phi) is 4.56. The maximum absolute atomic E-state index is 9.42. The zero-order valence-electron chi connectivity index (χ0n) is 12.2. The predicted octanol–water partition coefficient (Wildman–Crippen LogP) is 2.96. The standard InChI is InChI=1S/C14H21N3O2Si/c1-20(2,3)5-4-19-11-17-10-13(8-16-17)12-6-14(18)9-15-7-12/h6-10,18H,4-5,11H2,1-3H3. The smallest absolute Gasteiger partial charge is 0.139 e. The van der Waals surface area contributed by atoms with Gasteiger partial charge in [0.2, 0.25) is 0 Å². The molecule has 0 atom stereocenters. The van der Waals surface area contributed by atoms with Gasteiger partial charge in [-0.15, -0.1) is 0 Å². The molecular formula is C14H21N3O2Si. The lowest BCUT2D eigenvalue weighted by atomic mass is 10.2. The van der Waals surface area contributed by atoms with Gasteiger partial charge in [-0.3, -0.25) is 4.98 Å². The number of pyridine rings is 1. The number of aromatic nitrogens is 3. The van der Waals surface area contributed by atoms with Crippen molar-refractivity contribution in [2.75, 3.05) is 6.61 Å². The molecule has 2 rings (SSSR count). The third-order valence-corrected chi connectivity index (χ3v) is 4.61. The van der Waals surface area contributed by atoms with E-state index >= 15 is 0 Å². The first kappa shape index (κ1) is 14.7. The highest BCUT2D eigenvalue weighted by Gasteiger charge is 2.12. The first-order valence-corrected chi connectivity index (χ1v) is 10.4. The molecule has 0 saturated carbocycles. The number of aromatic hydroxyl groups is 1. The van der Waals surface area contributed by atoms with Crippen LogP contribution in [0.4, 0.5) is 0 Å². The van der Waals surface area contributed by atoms with Gasteiger partial charge in [-0.1, -0.05) is 19.6 Å². The molecule has 6 heteroatoms. The summed E-state index contributed by atoms with van der Waals surface area (Å²) in [5.41, 5.74) is 1.76. The van der Waals surface area contributed by atoms with Gasteiger partial charge in [-0.05, 0) is 12.1 Å². The van der Waals surface area contributed by atoms with Crippen LogP contribution in [0.1, 0.15) is 0 Å². The van der Waals surface area contributed by atoms with Crippen molar-refractivity contribution in [3.63, 3.8) is 0 Å². The zero-order valence-corrected chi connectivity index (χ0v) is 13.2. The van der Waals surface area contributed by atoms with Crippen molar-refractivity contribution in [2.24, 2.45) is 0 Å². The molecule has 108 valence electrons. The molecule has 2 aromatic rings. The molecular weight excluding hydrogens is 270 g/mol. The first-order chi connectivity index (χ1) is 9.44. The van der Waals surface area contributed by atoms with Crippen LogP contribution in [0.3, 0.4) is 0 Å². The Morgan fingerprint density at radius 1 is 1.20 bits per heavy atom. The Labute approximate surface area is 120 Å². The van der Waals surface area contributed by atoms with E-state index in [0.717, 1.165) is 23.8 Å². The highest BCUT2D eigenvalue weighted by atomic mass is 28.3. The van der Waals surface area contributed by atoms with E-state index in [-0.39, 0.29) is 5.75 Å². The van der Waals surface area contributed by atoms with Gasteiger partial charge in [0.1, 0.15) is 12.5 Å². The van der Waals surface area contributed by atoms with E-state index in [1.165, 1.54) is 6.20 Å². The van der Waals surface area contributed by atoms with Crippen LogP contribution in [0.5, 0.6) is 5.75 Å². The number of hydrogen-bond donors (Lipinski definition) is 1. The van der Waals surface area contributed by atoms with Crippen LogP contribution in [0.2, 0.25) is 25.7 Å². The largest absolute Gasteiger partial charge is 0.506 e. The van der Waals surface area contributed by atoms with Crippen molar-refractivity contribution in [3.05, 3.63) is 30.9 Å². The van der Waals surface area contributed by atoms with Crippen molar-refractivity contribution < 1.29 is 9.84 Å². The lowest BCUT2D eigenvalue weighted by molar-refractivity contribution is 0.0786. The quantitative estimate of drug-likeness (QED) is 0.656. The lowest BCUT2D eigenvalue weighted by Crippen LogP contribution is -2.22. The van der Waals surface area contributed by atoms with Gasteiger partial charge < -0.3 is 9.84 Å².